The van der Waals surface area contributed by atoms with E-state index >= 15 is 0 Å². The topological polar surface area (TPSA) is 55.4 Å². The van der Waals surface area contributed by atoms with Gasteiger partial charge in [-0.2, -0.15) is 0 Å². The molecule has 0 bridgehead atoms. The summed E-state index contributed by atoms with van der Waals surface area (Å²) in [7, 11) is -2.80. The van der Waals surface area contributed by atoms with Gasteiger partial charge >= 0.3 is 0 Å². The van der Waals surface area contributed by atoms with Gasteiger partial charge in [-0.15, -0.1) is 0 Å². The van der Waals surface area contributed by atoms with Crippen LogP contribution >= 0.6 is 0 Å². The predicted octanol–water partition coefficient (Wildman–Crippen LogP) is 1.36. The molecule has 0 aromatic heterocycles. The zero-order valence-corrected chi connectivity index (χ0v) is 11.4. The molecular formula is C13H19NO3S. The van der Waals surface area contributed by atoms with Gasteiger partial charge in [0.05, 0.1) is 18.1 Å². The van der Waals surface area contributed by atoms with Crippen molar-refractivity contribution < 1.29 is 13.2 Å². The summed E-state index contributed by atoms with van der Waals surface area (Å²) in [5.74, 6) is 1.45. The van der Waals surface area contributed by atoms with Gasteiger partial charge in [-0.3, -0.25) is 0 Å². The van der Waals surface area contributed by atoms with Gasteiger partial charge in [0.2, 0.25) is 0 Å². The Balaban J connectivity index is 1.83. The molecule has 4 nitrogen and oxygen atoms in total. The molecule has 0 amide bonds. The third kappa shape index (κ3) is 3.71. The Morgan fingerprint density at radius 3 is 2.61 bits per heavy atom. The molecule has 1 aromatic carbocycles. The van der Waals surface area contributed by atoms with Gasteiger partial charge in [-0.1, -0.05) is 12.1 Å². The van der Waals surface area contributed by atoms with Crippen LogP contribution in [0.15, 0.2) is 24.3 Å². The van der Waals surface area contributed by atoms with Crippen molar-refractivity contribution in [3.8, 4) is 5.75 Å². The van der Waals surface area contributed by atoms with Crippen LogP contribution in [-0.2, 0) is 16.4 Å². The first kappa shape index (κ1) is 13.4. The van der Waals surface area contributed by atoms with E-state index in [-0.39, 0.29) is 11.8 Å². The minimum absolute atomic E-state index is 0.0987. The lowest BCUT2D eigenvalue weighted by Crippen LogP contribution is -2.29. The summed E-state index contributed by atoms with van der Waals surface area (Å²) in [6.07, 6.45) is 0.722. The SMILES string of the molecule is CCOc1ccc(CN[C@@H]2CCS(=O)(=O)C2)cc1. The maximum absolute atomic E-state index is 11.3. The number of rotatable bonds is 5. The van der Waals surface area contributed by atoms with Crippen molar-refractivity contribution in [1.29, 1.82) is 0 Å². The molecule has 0 radical (unpaired) electrons. The van der Waals surface area contributed by atoms with Crippen molar-refractivity contribution in [2.45, 2.75) is 25.9 Å². The Hall–Kier alpha value is -1.07. The minimum atomic E-state index is -2.80. The summed E-state index contributed by atoms with van der Waals surface area (Å²) in [4.78, 5) is 0. The van der Waals surface area contributed by atoms with Crippen LogP contribution in [0.2, 0.25) is 0 Å². The van der Waals surface area contributed by atoms with Crippen LogP contribution < -0.4 is 10.1 Å². The molecule has 0 aliphatic carbocycles. The third-order valence-electron chi connectivity index (χ3n) is 3.06. The van der Waals surface area contributed by atoms with Gasteiger partial charge in [-0.25, -0.2) is 8.42 Å². The summed E-state index contributed by atoms with van der Waals surface area (Å²) in [5, 5.41) is 3.28. The quantitative estimate of drug-likeness (QED) is 0.877. The molecule has 1 atom stereocenters. The van der Waals surface area contributed by atoms with Crippen LogP contribution in [0.25, 0.3) is 0 Å². The molecule has 1 fully saturated rings. The van der Waals surface area contributed by atoms with Gasteiger partial charge in [-0.05, 0) is 31.0 Å². The lowest BCUT2D eigenvalue weighted by Gasteiger charge is -2.11. The third-order valence-corrected chi connectivity index (χ3v) is 4.83. The van der Waals surface area contributed by atoms with Crippen LogP contribution in [0.1, 0.15) is 18.9 Å². The van der Waals surface area contributed by atoms with E-state index in [4.69, 9.17) is 4.74 Å². The number of hydrogen-bond acceptors (Lipinski definition) is 4. The highest BCUT2D eigenvalue weighted by Gasteiger charge is 2.27. The molecule has 1 N–H and O–H groups in total. The van der Waals surface area contributed by atoms with Crippen molar-refractivity contribution in [3.63, 3.8) is 0 Å². The second-order valence-corrected chi connectivity index (χ2v) is 6.79. The molecule has 1 saturated heterocycles. The van der Waals surface area contributed by atoms with Crippen LogP contribution in [-0.4, -0.2) is 32.6 Å². The normalized spacial score (nSPS) is 21.9. The largest absolute Gasteiger partial charge is 0.494 e. The second-order valence-electron chi connectivity index (χ2n) is 4.56. The zero-order chi connectivity index (χ0) is 13.0. The molecular weight excluding hydrogens is 250 g/mol. The monoisotopic (exact) mass is 269 g/mol. The summed E-state index contributed by atoms with van der Waals surface area (Å²) in [5.41, 5.74) is 1.14. The molecule has 18 heavy (non-hydrogen) atoms. The fourth-order valence-electron chi connectivity index (χ4n) is 2.09. The fraction of sp³-hybridized carbons (Fsp3) is 0.538. The van der Waals surface area contributed by atoms with Crippen LogP contribution in [0.4, 0.5) is 0 Å². The highest BCUT2D eigenvalue weighted by molar-refractivity contribution is 7.91. The summed E-state index contributed by atoms with van der Waals surface area (Å²) < 4.78 is 28.0. The highest BCUT2D eigenvalue weighted by Crippen LogP contribution is 2.14. The average Bonchev–Trinajstić information content (AvgIpc) is 2.69. The molecule has 0 unspecified atom stereocenters. The Kier molecular flexibility index (Phi) is 4.24. The molecule has 0 spiro atoms. The molecule has 100 valence electrons. The lowest BCUT2D eigenvalue weighted by atomic mass is 10.2. The lowest BCUT2D eigenvalue weighted by molar-refractivity contribution is 0.340. The Morgan fingerprint density at radius 2 is 2.06 bits per heavy atom. The number of nitrogens with one attached hydrogen (secondary N) is 1. The number of ether oxygens (including phenoxy) is 1. The van der Waals surface area contributed by atoms with E-state index in [0.717, 1.165) is 17.7 Å². The Bertz CT molecular complexity index is 481. The van der Waals surface area contributed by atoms with Gasteiger partial charge in [0.1, 0.15) is 5.75 Å². The predicted molar refractivity (Wildman–Crippen MR) is 71.5 cm³/mol. The molecule has 1 aromatic rings. The van der Waals surface area contributed by atoms with Crippen LogP contribution in [0.5, 0.6) is 5.75 Å². The number of benzene rings is 1. The molecule has 5 heteroatoms. The summed E-state index contributed by atoms with van der Waals surface area (Å²) in [6, 6.07) is 7.97. The molecule has 1 heterocycles. The Labute approximate surface area is 108 Å². The zero-order valence-electron chi connectivity index (χ0n) is 10.6. The first-order chi connectivity index (χ1) is 8.59. The van der Waals surface area contributed by atoms with E-state index < -0.39 is 9.84 Å². The first-order valence-electron chi connectivity index (χ1n) is 6.24. The van der Waals surface area contributed by atoms with E-state index in [2.05, 4.69) is 5.32 Å². The Morgan fingerprint density at radius 1 is 1.33 bits per heavy atom. The second kappa shape index (κ2) is 5.71. The number of hydrogen-bond donors (Lipinski definition) is 1. The van der Waals surface area contributed by atoms with E-state index in [1.165, 1.54) is 0 Å². The van der Waals surface area contributed by atoms with Crippen molar-refractivity contribution in [2.75, 3.05) is 18.1 Å². The molecule has 2 rings (SSSR count). The molecule has 1 aliphatic heterocycles. The smallest absolute Gasteiger partial charge is 0.151 e. The van der Waals surface area contributed by atoms with E-state index in [1.807, 2.05) is 31.2 Å². The maximum Gasteiger partial charge on any atom is 0.151 e. The van der Waals surface area contributed by atoms with Gasteiger partial charge in [0.25, 0.3) is 0 Å². The molecule has 0 saturated carbocycles. The van der Waals surface area contributed by atoms with Crippen molar-refractivity contribution in [3.05, 3.63) is 29.8 Å². The van der Waals surface area contributed by atoms with Gasteiger partial charge < -0.3 is 10.1 Å². The fourth-order valence-corrected chi connectivity index (χ4v) is 3.80. The van der Waals surface area contributed by atoms with Gasteiger partial charge in [0, 0.05) is 12.6 Å². The average molecular weight is 269 g/mol. The van der Waals surface area contributed by atoms with Gasteiger partial charge in [0.15, 0.2) is 9.84 Å². The van der Waals surface area contributed by atoms with E-state index in [0.29, 0.717) is 18.9 Å². The summed E-state index contributed by atoms with van der Waals surface area (Å²) >= 11 is 0. The molecule has 1 aliphatic rings. The van der Waals surface area contributed by atoms with E-state index in [1.54, 1.807) is 0 Å². The number of sulfone groups is 1. The van der Waals surface area contributed by atoms with Crippen molar-refractivity contribution in [2.24, 2.45) is 0 Å². The van der Waals surface area contributed by atoms with E-state index in [9.17, 15) is 8.42 Å². The highest BCUT2D eigenvalue weighted by atomic mass is 32.2. The van der Waals surface area contributed by atoms with Crippen molar-refractivity contribution in [1.82, 2.24) is 5.32 Å². The standard InChI is InChI=1S/C13H19NO3S/c1-2-17-13-5-3-11(4-6-13)9-14-12-7-8-18(15,16)10-12/h3-6,12,14H,2,7-10H2,1H3/t12-/m1/s1. The maximum atomic E-state index is 11.3. The summed E-state index contributed by atoms with van der Waals surface area (Å²) in [6.45, 7) is 3.32. The first-order valence-corrected chi connectivity index (χ1v) is 8.07. The van der Waals surface area contributed by atoms with Crippen LogP contribution in [0.3, 0.4) is 0 Å². The minimum Gasteiger partial charge on any atom is -0.494 e. The van der Waals surface area contributed by atoms with Crippen molar-refractivity contribution >= 4 is 9.84 Å². The van der Waals surface area contributed by atoms with Crippen LogP contribution in [0, 0.1) is 0 Å².